The smallest absolute Gasteiger partial charge is 0.410 e. The fraction of sp³-hybridized carbons (Fsp3) is 0.364. The molecular weight excluding hydrogens is 354 g/mol. The average Bonchev–Trinajstić information content (AvgIpc) is 2.61. The van der Waals surface area contributed by atoms with Crippen molar-refractivity contribution in [1.29, 1.82) is 0 Å². The number of rotatable bonds is 5. The van der Waals surface area contributed by atoms with Crippen molar-refractivity contribution in [3.8, 4) is 0 Å². The van der Waals surface area contributed by atoms with Crippen molar-refractivity contribution in [3.63, 3.8) is 0 Å². The van der Waals surface area contributed by atoms with Gasteiger partial charge in [-0.15, -0.1) is 0 Å². The number of anilines is 1. The van der Waals surface area contributed by atoms with E-state index in [0.717, 1.165) is 11.1 Å². The van der Waals surface area contributed by atoms with E-state index < -0.39 is 11.7 Å². The first-order chi connectivity index (χ1) is 13.1. The van der Waals surface area contributed by atoms with Gasteiger partial charge in [0, 0.05) is 19.3 Å². The van der Waals surface area contributed by atoms with E-state index >= 15 is 0 Å². The first-order valence-corrected chi connectivity index (χ1v) is 9.26. The maximum absolute atomic E-state index is 12.3. The number of nitrogens with one attached hydrogen (secondary N) is 2. The van der Waals surface area contributed by atoms with Gasteiger partial charge in [-0.05, 0) is 44.9 Å². The minimum Gasteiger partial charge on any atom is -0.444 e. The van der Waals surface area contributed by atoms with Crippen LogP contribution < -0.4 is 10.6 Å². The summed E-state index contributed by atoms with van der Waals surface area (Å²) >= 11 is 0. The minimum atomic E-state index is -0.557. The zero-order chi connectivity index (χ0) is 20.7. The maximum atomic E-state index is 12.3. The third kappa shape index (κ3) is 6.95. The molecular formula is C22H29N3O3. The first kappa shape index (κ1) is 21.3. The molecule has 6 heteroatoms. The SMILES string of the molecule is Cc1ccc(CNC(=O)Nc2ccccc2CN(C)C(=O)OC(C)(C)C)cc1. The summed E-state index contributed by atoms with van der Waals surface area (Å²) in [5, 5.41) is 5.70. The van der Waals surface area contributed by atoms with Crippen molar-refractivity contribution >= 4 is 17.8 Å². The second kappa shape index (κ2) is 9.26. The van der Waals surface area contributed by atoms with Crippen LogP contribution in [0.4, 0.5) is 15.3 Å². The number of amides is 3. The molecule has 2 rings (SSSR count). The van der Waals surface area contributed by atoms with Crippen LogP contribution >= 0.6 is 0 Å². The largest absolute Gasteiger partial charge is 0.444 e. The molecule has 0 fully saturated rings. The van der Waals surface area contributed by atoms with Crippen molar-refractivity contribution in [2.24, 2.45) is 0 Å². The maximum Gasteiger partial charge on any atom is 0.410 e. The van der Waals surface area contributed by atoms with Gasteiger partial charge in [-0.25, -0.2) is 9.59 Å². The van der Waals surface area contributed by atoms with Crippen molar-refractivity contribution in [1.82, 2.24) is 10.2 Å². The number of carbonyl (C=O) groups is 2. The second-order valence-electron chi connectivity index (χ2n) is 7.79. The van der Waals surface area contributed by atoms with Crippen LogP contribution in [0.2, 0.25) is 0 Å². The second-order valence-corrected chi connectivity index (χ2v) is 7.79. The quantitative estimate of drug-likeness (QED) is 0.787. The van der Waals surface area contributed by atoms with Crippen LogP contribution in [0.3, 0.4) is 0 Å². The fourth-order valence-electron chi connectivity index (χ4n) is 2.49. The summed E-state index contributed by atoms with van der Waals surface area (Å²) in [6, 6.07) is 15.1. The predicted molar refractivity (Wildman–Crippen MR) is 111 cm³/mol. The van der Waals surface area contributed by atoms with E-state index in [1.807, 2.05) is 76.2 Å². The normalized spacial score (nSPS) is 10.9. The van der Waals surface area contributed by atoms with E-state index in [2.05, 4.69) is 10.6 Å². The molecule has 6 nitrogen and oxygen atoms in total. The number of benzene rings is 2. The lowest BCUT2D eigenvalue weighted by atomic mass is 10.1. The molecule has 2 aromatic carbocycles. The molecule has 0 aliphatic rings. The zero-order valence-electron chi connectivity index (χ0n) is 17.2. The Balaban J connectivity index is 1.96. The molecule has 2 aromatic rings. The number of nitrogens with zero attached hydrogens (tertiary/aromatic N) is 1. The lowest BCUT2D eigenvalue weighted by Crippen LogP contribution is -2.34. The van der Waals surface area contributed by atoms with Gasteiger partial charge >= 0.3 is 12.1 Å². The number of aryl methyl sites for hydroxylation is 1. The molecule has 0 saturated heterocycles. The molecule has 0 aromatic heterocycles. The molecule has 0 aliphatic heterocycles. The summed E-state index contributed by atoms with van der Waals surface area (Å²) in [4.78, 5) is 26.0. The van der Waals surface area contributed by atoms with Gasteiger partial charge in [0.15, 0.2) is 0 Å². The highest BCUT2D eigenvalue weighted by Crippen LogP contribution is 2.18. The number of hydrogen-bond donors (Lipinski definition) is 2. The summed E-state index contributed by atoms with van der Waals surface area (Å²) in [5.74, 6) is 0. The molecule has 0 heterocycles. The molecule has 0 atom stereocenters. The van der Waals surface area contributed by atoms with E-state index in [1.54, 1.807) is 7.05 Å². The van der Waals surface area contributed by atoms with Gasteiger partial charge in [-0.1, -0.05) is 48.0 Å². The average molecular weight is 383 g/mol. The van der Waals surface area contributed by atoms with Gasteiger partial charge in [0.2, 0.25) is 0 Å². The highest BCUT2D eigenvalue weighted by molar-refractivity contribution is 5.90. The Labute approximate surface area is 166 Å². The zero-order valence-corrected chi connectivity index (χ0v) is 17.2. The molecule has 150 valence electrons. The third-order valence-electron chi connectivity index (χ3n) is 3.95. The van der Waals surface area contributed by atoms with Gasteiger partial charge < -0.3 is 20.3 Å². The van der Waals surface area contributed by atoms with Crippen molar-refractivity contribution < 1.29 is 14.3 Å². The first-order valence-electron chi connectivity index (χ1n) is 9.26. The molecule has 0 aliphatic carbocycles. The van der Waals surface area contributed by atoms with Gasteiger partial charge in [0.1, 0.15) is 5.60 Å². The van der Waals surface area contributed by atoms with Crippen LogP contribution in [-0.2, 0) is 17.8 Å². The lowest BCUT2D eigenvalue weighted by molar-refractivity contribution is 0.0285. The monoisotopic (exact) mass is 383 g/mol. The van der Waals surface area contributed by atoms with Crippen LogP contribution in [0.25, 0.3) is 0 Å². The molecule has 0 radical (unpaired) electrons. The van der Waals surface area contributed by atoms with E-state index in [0.29, 0.717) is 18.8 Å². The van der Waals surface area contributed by atoms with Gasteiger partial charge in [-0.3, -0.25) is 0 Å². The predicted octanol–water partition coefficient (Wildman–Crippen LogP) is 4.68. The summed E-state index contributed by atoms with van der Waals surface area (Å²) < 4.78 is 5.38. The minimum absolute atomic E-state index is 0.298. The standard InChI is InChI=1S/C22H29N3O3/c1-16-10-12-17(13-11-16)14-23-20(26)24-19-9-7-6-8-18(19)15-25(5)21(27)28-22(2,3)4/h6-13H,14-15H2,1-5H3,(H2,23,24,26). The Kier molecular flexibility index (Phi) is 7.04. The summed E-state index contributed by atoms with van der Waals surface area (Å²) in [6.07, 6.45) is -0.411. The van der Waals surface area contributed by atoms with Gasteiger partial charge in [-0.2, -0.15) is 0 Å². The summed E-state index contributed by atoms with van der Waals surface area (Å²) in [5.41, 5.74) is 3.12. The number of carbonyl (C=O) groups excluding carboxylic acids is 2. The Hall–Kier alpha value is -3.02. The molecule has 0 spiro atoms. The highest BCUT2D eigenvalue weighted by Gasteiger charge is 2.20. The van der Waals surface area contributed by atoms with Gasteiger partial charge in [0.25, 0.3) is 0 Å². The summed E-state index contributed by atoms with van der Waals surface area (Å²) in [6.45, 7) is 8.26. The lowest BCUT2D eigenvalue weighted by Gasteiger charge is -2.25. The molecule has 28 heavy (non-hydrogen) atoms. The topological polar surface area (TPSA) is 70.7 Å². The van der Waals surface area contributed by atoms with Crippen LogP contribution in [0, 0.1) is 6.92 Å². The van der Waals surface area contributed by atoms with E-state index in [9.17, 15) is 9.59 Å². The van der Waals surface area contributed by atoms with Crippen molar-refractivity contribution in [3.05, 3.63) is 65.2 Å². The third-order valence-corrected chi connectivity index (χ3v) is 3.95. The van der Waals surface area contributed by atoms with Gasteiger partial charge in [0.05, 0.1) is 6.54 Å². The van der Waals surface area contributed by atoms with E-state index in [4.69, 9.17) is 4.74 Å². The Bertz CT molecular complexity index is 811. The molecule has 0 bridgehead atoms. The van der Waals surface area contributed by atoms with E-state index in [-0.39, 0.29) is 6.03 Å². The molecule has 0 unspecified atom stereocenters. The fourth-order valence-corrected chi connectivity index (χ4v) is 2.49. The number of urea groups is 1. The van der Waals surface area contributed by atoms with Crippen LogP contribution in [-0.4, -0.2) is 29.7 Å². The van der Waals surface area contributed by atoms with E-state index in [1.165, 1.54) is 10.5 Å². The van der Waals surface area contributed by atoms with Crippen LogP contribution in [0.15, 0.2) is 48.5 Å². The Morgan fingerprint density at radius 2 is 1.68 bits per heavy atom. The van der Waals surface area contributed by atoms with Crippen LogP contribution in [0.5, 0.6) is 0 Å². The number of hydrogen-bond acceptors (Lipinski definition) is 3. The molecule has 0 saturated carbocycles. The number of ether oxygens (including phenoxy) is 1. The molecule has 2 N–H and O–H groups in total. The van der Waals surface area contributed by atoms with Crippen molar-refractivity contribution in [2.45, 2.75) is 46.4 Å². The van der Waals surface area contributed by atoms with Crippen LogP contribution in [0.1, 0.15) is 37.5 Å². The van der Waals surface area contributed by atoms with Crippen molar-refractivity contribution in [2.75, 3.05) is 12.4 Å². The summed E-state index contributed by atoms with van der Waals surface area (Å²) in [7, 11) is 1.67. The Morgan fingerprint density at radius 3 is 2.32 bits per heavy atom. The Morgan fingerprint density at radius 1 is 1.04 bits per heavy atom. The highest BCUT2D eigenvalue weighted by atomic mass is 16.6. The number of para-hydroxylation sites is 1. The molecule has 3 amide bonds.